The van der Waals surface area contributed by atoms with Gasteiger partial charge in [-0.25, -0.2) is 0 Å². The molecule has 0 radical (unpaired) electrons. The van der Waals surface area contributed by atoms with E-state index in [1.54, 1.807) is 0 Å². The van der Waals surface area contributed by atoms with E-state index in [1.165, 1.54) is 315 Å². The van der Waals surface area contributed by atoms with Crippen LogP contribution in [0.3, 0.4) is 0 Å². The summed E-state index contributed by atoms with van der Waals surface area (Å²) in [5.41, 5.74) is 15.3. The van der Waals surface area contributed by atoms with Crippen LogP contribution in [0.5, 0.6) is 5.75 Å². The second kappa shape index (κ2) is 34.7. The smallest absolute Gasteiger partial charge is 0.119 e. The summed E-state index contributed by atoms with van der Waals surface area (Å²) < 4.78 is 10.4. The Bertz CT molecular complexity index is 4010. The number of rotatable bonds is 43. The number of hydrogen-bond acceptors (Lipinski definition) is 3. The van der Waals surface area contributed by atoms with E-state index in [0.29, 0.717) is 11.8 Å². The summed E-state index contributed by atoms with van der Waals surface area (Å²) >= 11 is 1.82. The van der Waals surface area contributed by atoms with Gasteiger partial charge in [0.2, 0.25) is 0 Å². The van der Waals surface area contributed by atoms with Gasteiger partial charge >= 0.3 is 0 Å². The molecule has 0 saturated carbocycles. The number of ether oxygens (including phenoxy) is 1. The largest absolute Gasteiger partial charge is 0.493 e. The summed E-state index contributed by atoms with van der Waals surface area (Å²) in [5.74, 6) is 2.06. The highest BCUT2D eigenvalue weighted by molar-refractivity contribution is 7.16. The number of thiophene rings is 1. The van der Waals surface area contributed by atoms with Crippen molar-refractivity contribution in [3.05, 3.63) is 165 Å². The highest BCUT2D eigenvalue weighted by Gasteiger charge is 2.50. The zero-order valence-corrected chi connectivity index (χ0v) is 60.8. The molecular formula is C91H116N2OS. The molecule has 11 rings (SSSR count). The number of aromatic nitrogens is 1. The van der Waals surface area contributed by atoms with Crippen LogP contribution in [0, 0.1) is 23.2 Å². The van der Waals surface area contributed by atoms with Crippen LogP contribution in [0.1, 0.15) is 292 Å². The summed E-state index contributed by atoms with van der Waals surface area (Å²) in [7, 11) is 0. The van der Waals surface area contributed by atoms with E-state index in [-0.39, 0.29) is 0 Å². The summed E-state index contributed by atoms with van der Waals surface area (Å²) in [6, 6.07) is 52.0. The van der Waals surface area contributed by atoms with E-state index in [2.05, 4.69) is 180 Å². The lowest BCUT2D eigenvalue weighted by atomic mass is 9.66. The highest BCUT2D eigenvalue weighted by Crippen LogP contribution is 2.64. The van der Waals surface area contributed by atoms with Crippen LogP contribution in [-0.2, 0) is 24.8 Å². The minimum Gasteiger partial charge on any atom is -0.493 e. The molecular weight excluding hydrogens is 1170 g/mol. The number of nitriles is 1. The van der Waals surface area contributed by atoms with Crippen molar-refractivity contribution in [3.8, 4) is 33.4 Å². The van der Waals surface area contributed by atoms with Gasteiger partial charge < -0.3 is 9.30 Å². The van der Waals surface area contributed by atoms with Crippen LogP contribution in [-0.4, -0.2) is 11.2 Å². The normalized spacial score (nSPS) is 13.7. The summed E-state index contributed by atoms with van der Waals surface area (Å²) in [6.45, 7) is 17.7. The molecule has 95 heavy (non-hydrogen) atoms. The summed E-state index contributed by atoms with van der Waals surface area (Å²) in [5, 5.41) is 21.0. The van der Waals surface area contributed by atoms with Gasteiger partial charge in [0.25, 0.3) is 0 Å². The Morgan fingerprint density at radius 2 is 0.968 bits per heavy atom. The molecule has 502 valence electrons. The predicted octanol–water partition coefficient (Wildman–Crippen LogP) is 28.4. The van der Waals surface area contributed by atoms with E-state index in [1.807, 2.05) is 18.3 Å². The second-order valence-electron chi connectivity index (χ2n) is 29.3. The third-order valence-corrected chi connectivity index (χ3v) is 23.3. The Morgan fingerprint density at radius 3 is 1.52 bits per heavy atom. The summed E-state index contributed by atoms with van der Waals surface area (Å²) in [6.07, 6.45) is 45.4. The van der Waals surface area contributed by atoms with E-state index in [0.717, 1.165) is 42.2 Å². The number of hydrogen-bond donors (Lipinski definition) is 0. The van der Waals surface area contributed by atoms with Gasteiger partial charge in [-0.3, -0.25) is 0 Å². The molecule has 0 N–H and O–H groups in total. The maximum Gasteiger partial charge on any atom is 0.119 e. The maximum atomic E-state index is 9.98. The SMILES string of the molecule is CCCCCCCCC(CCCCCC)COc1ccc2c(c1)C(c1ccc(CCCCCC)cc1)(c1ccc(CCCCCC)cc1)c1c-2c2cccc3c4cccc5c(-c6ccc(C=C(C)C#N)s6)cc6c(c54)c(c23)c1n6CC(CCCCCC)CCCCCCCC. The van der Waals surface area contributed by atoms with Crippen molar-refractivity contribution in [2.75, 3.05) is 6.61 Å². The Kier molecular flexibility index (Phi) is 25.5. The van der Waals surface area contributed by atoms with Crippen LogP contribution in [0.4, 0.5) is 0 Å². The van der Waals surface area contributed by atoms with Gasteiger partial charge in [0.1, 0.15) is 5.75 Å². The van der Waals surface area contributed by atoms with Gasteiger partial charge in [0, 0.05) is 54.5 Å². The molecule has 0 amide bonds. The number of nitrogens with zero attached hydrogens (tertiary/aromatic N) is 2. The van der Waals surface area contributed by atoms with Crippen LogP contribution >= 0.6 is 11.3 Å². The van der Waals surface area contributed by atoms with Crippen molar-refractivity contribution in [1.29, 1.82) is 5.26 Å². The van der Waals surface area contributed by atoms with E-state index < -0.39 is 5.41 Å². The van der Waals surface area contributed by atoms with E-state index in [9.17, 15) is 5.26 Å². The third-order valence-electron chi connectivity index (χ3n) is 22.2. The van der Waals surface area contributed by atoms with Crippen molar-refractivity contribution in [1.82, 2.24) is 4.57 Å². The highest BCUT2D eigenvalue weighted by atomic mass is 32.1. The van der Waals surface area contributed by atoms with Crippen LogP contribution in [0.2, 0.25) is 0 Å². The van der Waals surface area contributed by atoms with Gasteiger partial charge in [-0.05, 0) is 167 Å². The average Bonchev–Trinajstić information content (AvgIpc) is 1.50. The number of aryl methyl sites for hydroxylation is 2. The Labute approximate surface area is 578 Å². The monoisotopic (exact) mass is 1280 g/mol. The van der Waals surface area contributed by atoms with Gasteiger partial charge in [-0.1, -0.05) is 299 Å². The van der Waals surface area contributed by atoms with Crippen molar-refractivity contribution in [2.24, 2.45) is 11.8 Å². The molecule has 2 aromatic heterocycles. The van der Waals surface area contributed by atoms with Crippen molar-refractivity contribution < 1.29 is 4.74 Å². The molecule has 0 aliphatic heterocycles. The number of unbranched alkanes of at least 4 members (excludes halogenated alkanes) is 22. The lowest BCUT2D eigenvalue weighted by Crippen LogP contribution is -2.30. The fourth-order valence-electron chi connectivity index (χ4n) is 17.0. The van der Waals surface area contributed by atoms with Crippen LogP contribution in [0.25, 0.3) is 81.8 Å². The molecule has 1 aliphatic rings. The van der Waals surface area contributed by atoms with Gasteiger partial charge in [0.05, 0.1) is 29.1 Å². The summed E-state index contributed by atoms with van der Waals surface area (Å²) in [4.78, 5) is 2.38. The lowest BCUT2D eigenvalue weighted by Gasteiger charge is -2.35. The first-order valence-corrected chi connectivity index (χ1v) is 39.8. The van der Waals surface area contributed by atoms with Crippen molar-refractivity contribution in [2.45, 2.75) is 279 Å². The Hall–Kier alpha value is -6.41. The predicted molar refractivity (Wildman–Crippen MR) is 416 cm³/mol. The minimum atomic E-state index is -0.692. The average molecular weight is 1290 g/mol. The Morgan fingerprint density at radius 1 is 0.484 bits per heavy atom. The molecule has 2 heterocycles. The molecule has 2 unspecified atom stereocenters. The van der Waals surface area contributed by atoms with Crippen LogP contribution in [0.15, 0.2) is 127 Å². The van der Waals surface area contributed by atoms with Crippen molar-refractivity contribution >= 4 is 71.5 Å². The molecule has 0 saturated heterocycles. The fourth-order valence-corrected chi connectivity index (χ4v) is 18.1. The first-order valence-electron chi connectivity index (χ1n) is 39.0. The van der Waals surface area contributed by atoms with E-state index >= 15 is 0 Å². The third kappa shape index (κ3) is 15.6. The molecule has 10 aromatic rings. The Balaban J connectivity index is 1.21. The number of allylic oxidation sites excluding steroid dienone is 1. The number of benzene rings is 8. The molecule has 0 spiro atoms. The zero-order chi connectivity index (χ0) is 65.9. The standard InChI is InChI=1S/C91H116N2OS/c1-8-14-20-26-28-34-41-69(40-32-24-18-12-5)64-93-82-62-80(83-59-57-74(95-83)60-66(7)63-92)77-46-36-44-75-76-45-37-47-79-85(76)88(87(82)84(75)77)90(93)89-86(79)78-58-56-73(94-65-70(42-33-25-19-13-6)43-35-29-27-21-15-9-2)61-81(78)91(89,71-52-48-67(49-53-71)38-30-22-16-10-3)72-54-50-68(51-55-72)39-31-23-17-11-4/h36-37,44-62,69-70H,8-35,38-43,64-65H2,1-7H3. The first-order chi connectivity index (χ1) is 46.8. The molecule has 2 atom stereocenters. The topological polar surface area (TPSA) is 37.9 Å². The van der Waals surface area contributed by atoms with Gasteiger partial charge in [-0.2, -0.15) is 5.26 Å². The number of fused-ring (bicyclic) bond motifs is 6. The molecule has 0 bridgehead atoms. The maximum absolute atomic E-state index is 9.98. The fraction of sp³-hybridized carbons (Fsp3) is 0.505. The second-order valence-corrected chi connectivity index (χ2v) is 30.4. The molecule has 1 aliphatic carbocycles. The molecule has 0 fully saturated rings. The van der Waals surface area contributed by atoms with Crippen LogP contribution < -0.4 is 4.74 Å². The molecule has 3 nitrogen and oxygen atoms in total. The lowest BCUT2D eigenvalue weighted by molar-refractivity contribution is 0.224. The van der Waals surface area contributed by atoms with Gasteiger partial charge in [-0.15, -0.1) is 11.3 Å². The molecule has 4 heteroatoms. The van der Waals surface area contributed by atoms with E-state index in [4.69, 9.17) is 4.74 Å². The zero-order valence-electron chi connectivity index (χ0n) is 59.9. The van der Waals surface area contributed by atoms with Crippen molar-refractivity contribution in [3.63, 3.8) is 0 Å². The van der Waals surface area contributed by atoms with Gasteiger partial charge in [0.15, 0.2) is 0 Å². The molecule has 8 aromatic carbocycles. The minimum absolute atomic E-state index is 0.518. The first kappa shape index (κ1) is 69.9. The quantitative estimate of drug-likeness (QED) is 0.0165.